The summed E-state index contributed by atoms with van der Waals surface area (Å²) in [4.78, 5) is 0. The first-order chi connectivity index (χ1) is 19.8. The third-order valence-corrected chi connectivity index (χ3v) is 4.74. The molecule has 3 aliphatic rings. The summed E-state index contributed by atoms with van der Waals surface area (Å²) in [6.07, 6.45) is 2.28. The zero-order chi connectivity index (χ0) is 29.3. The first-order valence-corrected chi connectivity index (χ1v) is 14.6. The monoisotopic (exact) mass is 554 g/mol. The lowest BCUT2D eigenvalue weighted by atomic mass is 10.3. The van der Waals surface area contributed by atoms with Gasteiger partial charge in [0.1, 0.15) is 55.4 Å². The zero-order valence-corrected chi connectivity index (χ0v) is 25.3. The number of ether oxygens (including phenoxy) is 6. The van der Waals surface area contributed by atoms with Crippen LogP contribution in [0.1, 0.15) is 48.0 Å². The molecule has 3 heterocycles. The van der Waals surface area contributed by atoms with Gasteiger partial charge >= 0.3 is 0 Å². The first kappa shape index (κ1) is 35.0. The van der Waals surface area contributed by atoms with E-state index in [0.717, 1.165) is 37.1 Å². The molecule has 3 saturated heterocycles. The summed E-state index contributed by atoms with van der Waals surface area (Å²) < 4.78 is 31.2. The maximum atomic E-state index is 5.40. The Morgan fingerprint density at radius 3 is 0.850 bits per heavy atom. The van der Waals surface area contributed by atoms with Crippen LogP contribution in [0.5, 0.6) is 17.2 Å². The van der Waals surface area contributed by atoms with Crippen molar-refractivity contribution in [3.8, 4) is 17.2 Å². The van der Waals surface area contributed by atoms with Crippen LogP contribution in [-0.2, 0) is 14.2 Å². The van der Waals surface area contributed by atoms with Gasteiger partial charge in [-0.25, -0.2) is 0 Å². The van der Waals surface area contributed by atoms with E-state index in [9.17, 15) is 0 Å². The SMILES string of the molecule is CC.CC.CCC.c1ccc(OCC2CO2)cc1.c1ccc(OCC2CO2)cc1.c1ccc(OCC2CO2)cc1. The predicted molar refractivity (Wildman–Crippen MR) is 164 cm³/mol. The molecule has 222 valence electrons. The maximum absolute atomic E-state index is 5.40. The molecule has 6 nitrogen and oxygen atoms in total. The van der Waals surface area contributed by atoms with Gasteiger partial charge in [-0.05, 0) is 36.4 Å². The van der Waals surface area contributed by atoms with Crippen LogP contribution in [0.4, 0.5) is 0 Å². The van der Waals surface area contributed by atoms with Gasteiger partial charge in [0, 0.05) is 0 Å². The molecule has 6 rings (SSSR count). The molecule has 0 saturated carbocycles. The van der Waals surface area contributed by atoms with Crippen LogP contribution in [0.2, 0.25) is 0 Å². The van der Waals surface area contributed by atoms with Crippen molar-refractivity contribution in [3.63, 3.8) is 0 Å². The topological polar surface area (TPSA) is 65.3 Å². The summed E-state index contributed by atoms with van der Waals surface area (Å²) in [7, 11) is 0. The van der Waals surface area contributed by atoms with Crippen molar-refractivity contribution in [1.29, 1.82) is 0 Å². The fourth-order valence-electron chi connectivity index (χ4n) is 2.61. The normalized spacial score (nSPS) is 18.3. The fourth-order valence-corrected chi connectivity index (χ4v) is 2.61. The largest absolute Gasteiger partial charge is 0.491 e. The summed E-state index contributed by atoms with van der Waals surface area (Å²) in [6, 6.07) is 29.4. The Morgan fingerprint density at radius 2 is 0.675 bits per heavy atom. The van der Waals surface area contributed by atoms with E-state index in [4.69, 9.17) is 28.4 Å². The molecule has 0 radical (unpaired) electrons. The molecule has 3 atom stereocenters. The molecule has 3 unspecified atom stereocenters. The Hall–Kier alpha value is -3.06. The molecule has 0 amide bonds. The maximum Gasteiger partial charge on any atom is 0.119 e. The number of hydrogen-bond acceptors (Lipinski definition) is 6. The smallest absolute Gasteiger partial charge is 0.119 e. The van der Waals surface area contributed by atoms with Crippen molar-refractivity contribution in [2.75, 3.05) is 39.6 Å². The van der Waals surface area contributed by atoms with Crippen molar-refractivity contribution >= 4 is 0 Å². The minimum absolute atomic E-state index is 0.343. The third-order valence-electron chi connectivity index (χ3n) is 4.74. The number of para-hydroxylation sites is 3. The van der Waals surface area contributed by atoms with E-state index < -0.39 is 0 Å². The van der Waals surface area contributed by atoms with E-state index in [1.54, 1.807) is 0 Å². The van der Waals surface area contributed by atoms with Gasteiger partial charge in [-0.2, -0.15) is 0 Å². The van der Waals surface area contributed by atoms with Gasteiger partial charge in [0.2, 0.25) is 0 Å². The summed E-state index contributed by atoms with van der Waals surface area (Å²) in [5, 5.41) is 0. The van der Waals surface area contributed by atoms with Gasteiger partial charge in [0.05, 0.1) is 19.8 Å². The molecule has 3 aromatic rings. The molecular formula is C34H50O6. The van der Waals surface area contributed by atoms with Crippen LogP contribution in [0.3, 0.4) is 0 Å². The zero-order valence-electron chi connectivity index (χ0n) is 25.3. The van der Waals surface area contributed by atoms with E-state index in [0.29, 0.717) is 38.1 Å². The molecule has 3 aliphatic heterocycles. The molecule has 3 fully saturated rings. The Balaban J connectivity index is 0.000000270. The van der Waals surface area contributed by atoms with Crippen molar-refractivity contribution in [1.82, 2.24) is 0 Å². The summed E-state index contributed by atoms with van der Waals surface area (Å²) in [6.45, 7) is 16.9. The van der Waals surface area contributed by atoms with Crippen molar-refractivity contribution in [3.05, 3.63) is 91.0 Å². The second-order valence-electron chi connectivity index (χ2n) is 8.45. The van der Waals surface area contributed by atoms with Crippen LogP contribution in [0.25, 0.3) is 0 Å². The summed E-state index contributed by atoms with van der Waals surface area (Å²) in [5.74, 6) is 2.76. The first-order valence-electron chi connectivity index (χ1n) is 14.6. The highest BCUT2D eigenvalue weighted by Crippen LogP contribution is 2.15. The number of rotatable bonds is 9. The fraction of sp³-hybridized carbons (Fsp3) is 0.471. The quantitative estimate of drug-likeness (QED) is 0.251. The number of hydrogen-bond donors (Lipinski definition) is 0. The Morgan fingerprint density at radius 1 is 0.475 bits per heavy atom. The van der Waals surface area contributed by atoms with Crippen LogP contribution >= 0.6 is 0 Å². The molecule has 0 N–H and O–H groups in total. The minimum atomic E-state index is 0.343. The molecule has 6 heteroatoms. The Kier molecular flexibility index (Phi) is 20.8. The van der Waals surface area contributed by atoms with Gasteiger partial charge in [-0.15, -0.1) is 0 Å². The third kappa shape index (κ3) is 19.9. The van der Waals surface area contributed by atoms with Crippen molar-refractivity contribution in [2.24, 2.45) is 0 Å². The van der Waals surface area contributed by atoms with E-state index >= 15 is 0 Å². The van der Waals surface area contributed by atoms with Crippen molar-refractivity contribution < 1.29 is 28.4 Å². The molecular weight excluding hydrogens is 504 g/mol. The summed E-state index contributed by atoms with van der Waals surface area (Å²) in [5.41, 5.74) is 0. The molecule has 0 bridgehead atoms. The molecule has 3 aromatic carbocycles. The van der Waals surface area contributed by atoms with Gasteiger partial charge in [0.25, 0.3) is 0 Å². The van der Waals surface area contributed by atoms with Gasteiger partial charge < -0.3 is 28.4 Å². The summed E-state index contributed by atoms with van der Waals surface area (Å²) >= 11 is 0. The standard InChI is InChI=1S/3C9H10O2.C3H8.2C2H6/c3*1-2-4-8(5-3-1)10-6-9-7-11-9;1-3-2;2*1-2/h3*1-5,9H,6-7H2;3H2,1-2H3;2*1-2H3. The number of benzene rings is 3. The molecule has 0 aliphatic carbocycles. The lowest BCUT2D eigenvalue weighted by Crippen LogP contribution is -2.03. The second-order valence-corrected chi connectivity index (χ2v) is 8.45. The van der Waals surface area contributed by atoms with Gasteiger partial charge in [0.15, 0.2) is 0 Å². The van der Waals surface area contributed by atoms with Crippen LogP contribution in [0.15, 0.2) is 91.0 Å². The van der Waals surface area contributed by atoms with Crippen molar-refractivity contribution in [2.45, 2.75) is 66.3 Å². The second kappa shape index (κ2) is 23.8. The highest BCUT2D eigenvalue weighted by atomic mass is 16.6. The van der Waals surface area contributed by atoms with Gasteiger partial charge in [-0.3, -0.25) is 0 Å². The Bertz CT molecular complexity index is 788. The minimum Gasteiger partial charge on any atom is -0.491 e. The number of epoxide rings is 3. The molecule has 0 spiro atoms. The van der Waals surface area contributed by atoms with E-state index in [1.165, 1.54) is 6.42 Å². The van der Waals surface area contributed by atoms with Crippen LogP contribution in [-0.4, -0.2) is 58.0 Å². The molecule has 40 heavy (non-hydrogen) atoms. The average Bonchev–Trinajstić information content (AvgIpc) is 3.87. The van der Waals surface area contributed by atoms with Gasteiger partial charge in [-0.1, -0.05) is 103 Å². The average molecular weight is 555 g/mol. The molecule has 0 aromatic heterocycles. The highest BCUT2D eigenvalue weighted by Gasteiger charge is 2.24. The Labute approximate surface area is 242 Å². The van der Waals surface area contributed by atoms with E-state index in [2.05, 4.69) is 13.8 Å². The predicted octanol–water partition coefficient (Wildman–Crippen LogP) is 7.86. The van der Waals surface area contributed by atoms with E-state index in [1.807, 2.05) is 119 Å². The lowest BCUT2D eigenvalue weighted by molar-refractivity contribution is 0.263. The van der Waals surface area contributed by atoms with E-state index in [-0.39, 0.29) is 0 Å². The lowest BCUT2D eigenvalue weighted by Gasteiger charge is -2.01. The highest BCUT2D eigenvalue weighted by molar-refractivity contribution is 5.22. The van der Waals surface area contributed by atoms with Crippen LogP contribution < -0.4 is 14.2 Å². The van der Waals surface area contributed by atoms with Crippen LogP contribution in [0, 0.1) is 0 Å².